The van der Waals surface area contributed by atoms with Crippen molar-refractivity contribution in [1.29, 1.82) is 0 Å². The highest BCUT2D eigenvalue weighted by molar-refractivity contribution is 7.89. The number of nitrogens with one attached hydrogen (secondary N) is 1. The van der Waals surface area contributed by atoms with Crippen molar-refractivity contribution in [2.75, 3.05) is 7.11 Å². The summed E-state index contributed by atoms with van der Waals surface area (Å²) in [5.41, 5.74) is 2.81. The minimum Gasteiger partial charge on any atom is -0.465 e. The third-order valence-electron chi connectivity index (χ3n) is 3.47. The van der Waals surface area contributed by atoms with Gasteiger partial charge < -0.3 is 4.74 Å². The molecule has 0 heterocycles. The van der Waals surface area contributed by atoms with E-state index >= 15 is 0 Å². The van der Waals surface area contributed by atoms with Crippen molar-refractivity contribution >= 4 is 16.0 Å². The van der Waals surface area contributed by atoms with E-state index in [4.69, 9.17) is 0 Å². The molecule has 6 heteroatoms. The molecular formula is C17H19NO4S. The van der Waals surface area contributed by atoms with Gasteiger partial charge in [-0.2, -0.15) is 0 Å². The highest BCUT2D eigenvalue weighted by atomic mass is 32.2. The SMILES string of the molecule is COC(=O)c1ccc(S(=O)(=O)NCc2ccc(C)cc2)c(C)c1. The van der Waals surface area contributed by atoms with E-state index < -0.39 is 16.0 Å². The van der Waals surface area contributed by atoms with Crippen LogP contribution >= 0.6 is 0 Å². The van der Waals surface area contributed by atoms with Gasteiger partial charge in [0.05, 0.1) is 17.6 Å². The second-order valence-electron chi connectivity index (χ2n) is 5.28. The summed E-state index contributed by atoms with van der Waals surface area (Å²) < 4.78 is 32.0. The average molecular weight is 333 g/mol. The lowest BCUT2D eigenvalue weighted by atomic mass is 10.1. The molecule has 0 radical (unpaired) electrons. The van der Waals surface area contributed by atoms with E-state index in [1.54, 1.807) is 6.92 Å². The molecule has 0 aromatic heterocycles. The van der Waals surface area contributed by atoms with Crippen molar-refractivity contribution in [2.45, 2.75) is 25.3 Å². The van der Waals surface area contributed by atoms with Crippen LogP contribution in [0.1, 0.15) is 27.0 Å². The van der Waals surface area contributed by atoms with E-state index in [1.165, 1.54) is 25.3 Å². The van der Waals surface area contributed by atoms with Gasteiger partial charge in [-0.25, -0.2) is 17.9 Å². The zero-order valence-corrected chi connectivity index (χ0v) is 14.1. The summed E-state index contributed by atoms with van der Waals surface area (Å²) in [5.74, 6) is -0.496. The minimum atomic E-state index is -3.65. The number of hydrogen-bond donors (Lipinski definition) is 1. The topological polar surface area (TPSA) is 72.5 Å². The Hall–Kier alpha value is -2.18. The first-order valence-corrected chi connectivity index (χ1v) is 8.56. The number of carbonyl (C=O) groups excluding carboxylic acids is 1. The Kier molecular flexibility index (Phi) is 5.18. The zero-order chi connectivity index (χ0) is 17.0. The third kappa shape index (κ3) is 4.18. The number of esters is 1. The van der Waals surface area contributed by atoms with Gasteiger partial charge in [0, 0.05) is 6.54 Å². The lowest BCUT2D eigenvalue weighted by Crippen LogP contribution is -2.24. The number of rotatable bonds is 5. The molecule has 0 aliphatic heterocycles. The predicted molar refractivity (Wildman–Crippen MR) is 87.7 cm³/mol. The van der Waals surface area contributed by atoms with Gasteiger partial charge in [0.2, 0.25) is 10.0 Å². The van der Waals surface area contributed by atoms with Gasteiger partial charge >= 0.3 is 5.97 Å². The number of methoxy groups -OCH3 is 1. The first-order chi connectivity index (χ1) is 10.8. The van der Waals surface area contributed by atoms with Crippen LogP contribution in [0.15, 0.2) is 47.4 Å². The molecule has 1 N–H and O–H groups in total. The second kappa shape index (κ2) is 6.93. The minimum absolute atomic E-state index is 0.150. The average Bonchev–Trinajstić information content (AvgIpc) is 2.53. The zero-order valence-electron chi connectivity index (χ0n) is 13.3. The first kappa shape index (κ1) is 17.2. The molecule has 0 atom stereocenters. The number of sulfonamides is 1. The number of carbonyl (C=O) groups is 1. The van der Waals surface area contributed by atoms with Gasteiger partial charge in [-0.15, -0.1) is 0 Å². The fourth-order valence-electron chi connectivity index (χ4n) is 2.16. The fraction of sp³-hybridized carbons (Fsp3) is 0.235. The van der Waals surface area contributed by atoms with Crippen molar-refractivity contribution < 1.29 is 17.9 Å². The molecule has 2 aromatic carbocycles. The van der Waals surface area contributed by atoms with Gasteiger partial charge in [0.15, 0.2) is 0 Å². The normalized spacial score (nSPS) is 11.3. The third-order valence-corrected chi connectivity index (χ3v) is 5.03. The van der Waals surface area contributed by atoms with Crippen molar-refractivity contribution in [2.24, 2.45) is 0 Å². The van der Waals surface area contributed by atoms with Crippen molar-refractivity contribution in [3.05, 3.63) is 64.7 Å². The van der Waals surface area contributed by atoms with Gasteiger partial charge in [-0.05, 0) is 43.2 Å². The van der Waals surface area contributed by atoms with Gasteiger partial charge in [0.25, 0.3) is 0 Å². The smallest absolute Gasteiger partial charge is 0.337 e. The summed E-state index contributed by atoms with van der Waals surface area (Å²) in [6.45, 7) is 3.83. The number of benzene rings is 2. The van der Waals surface area contributed by atoms with Crippen molar-refractivity contribution in [1.82, 2.24) is 4.72 Å². The van der Waals surface area contributed by atoms with E-state index in [1.807, 2.05) is 31.2 Å². The standard InChI is InChI=1S/C17H19NO4S/c1-12-4-6-14(7-5-12)11-18-23(20,21)16-9-8-15(10-13(16)2)17(19)22-3/h4-10,18H,11H2,1-3H3. The van der Waals surface area contributed by atoms with Crippen LogP contribution in [0.2, 0.25) is 0 Å². The van der Waals surface area contributed by atoms with E-state index in [0.29, 0.717) is 11.1 Å². The summed E-state index contributed by atoms with van der Waals surface area (Å²) in [4.78, 5) is 11.6. The van der Waals surface area contributed by atoms with E-state index in [0.717, 1.165) is 11.1 Å². The lowest BCUT2D eigenvalue weighted by molar-refractivity contribution is 0.0600. The van der Waals surface area contributed by atoms with Crippen LogP contribution < -0.4 is 4.72 Å². The highest BCUT2D eigenvalue weighted by Crippen LogP contribution is 2.17. The van der Waals surface area contributed by atoms with Crippen molar-refractivity contribution in [3.8, 4) is 0 Å². The van der Waals surface area contributed by atoms with Gasteiger partial charge in [-0.1, -0.05) is 29.8 Å². The lowest BCUT2D eigenvalue weighted by Gasteiger charge is -2.10. The molecule has 5 nitrogen and oxygen atoms in total. The molecule has 0 bridgehead atoms. The van der Waals surface area contributed by atoms with E-state index in [9.17, 15) is 13.2 Å². The Morgan fingerprint density at radius 2 is 1.74 bits per heavy atom. The molecule has 122 valence electrons. The molecule has 0 saturated heterocycles. The van der Waals surface area contributed by atoms with Gasteiger partial charge in [-0.3, -0.25) is 0 Å². The van der Waals surface area contributed by atoms with Crippen molar-refractivity contribution in [3.63, 3.8) is 0 Å². The summed E-state index contributed by atoms with van der Waals surface area (Å²) in [7, 11) is -2.37. The summed E-state index contributed by atoms with van der Waals surface area (Å²) >= 11 is 0. The van der Waals surface area contributed by atoms with E-state index in [2.05, 4.69) is 9.46 Å². The van der Waals surface area contributed by atoms with Crippen LogP contribution in [0.5, 0.6) is 0 Å². The summed E-state index contributed by atoms with van der Waals surface area (Å²) in [5, 5.41) is 0. The Morgan fingerprint density at radius 3 is 2.30 bits per heavy atom. The maximum atomic E-state index is 12.4. The molecule has 2 aromatic rings. The van der Waals surface area contributed by atoms with Crippen LogP contribution in [0.25, 0.3) is 0 Å². The van der Waals surface area contributed by atoms with Crippen LogP contribution in [0, 0.1) is 13.8 Å². The van der Waals surface area contributed by atoms with Gasteiger partial charge in [0.1, 0.15) is 0 Å². The predicted octanol–water partition coefficient (Wildman–Crippen LogP) is 2.57. The summed E-state index contributed by atoms with van der Waals surface area (Å²) in [6.07, 6.45) is 0. The molecule has 0 aliphatic rings. The largest absolute Gasteiger partial charge is 0.465 e. The maximum Gasteiger partial charge on any atom is 0.337 e. The van der Waals surface area contributed by atoms with Crippen LogP contribution in [-0.2, 0) is 21.3 Å². The number of hydrogen-bond acceptors (Lipinski definition) is 4. The molecule has 0 spiro atoms. The number of ether oxygens (including phenoxy) is 1. The molecule has 0 saturated carbocycles. The molecule has 2 rings (SSSR count). The van der Waals surface area contributed by atoms with Crippen LogP contribution in [0.4, 0.5) is 0 Å². The van der Waals surface area contributed by atoms with E-state index in [-0.39, 0.29) is 11.4 Å². The molecule has 0 fully saturated rings. The monoisotopic (exact) mass is 333 g/mol. The Balaban J connectivity index is 2.19. The van der Waals surface area contributed by atoms with Crippen LogP contribution in [0.3, 0.4) is 0 Å². The quantitative estimate of drug-likeness (QED) is 0.854. The molecule has 0 unspecified atom stereocenters. The Bertz CT molecular complexity index is 811. The summed E-state index contributed by atoms with van der Waals surface area (Å²) in [6, 6.07) is 12.0. The number of aryl methyl sites for hydroxylation is 2. The maximum absolute atomic E-state index is 12.4. The second-order valence-corrected chi connectivity index (χ2v) is 7.02. The fourth-order valence-corrected chi connectivity index (χ4v) is 3.40. The molecule has 0 aliphatic carbocycles. The molecule has 23 heavy (non-hydrogen) atoms. The Labute approximate surface area is 136 Å². The first-order valence-electron chi connectivity index (χ1n) is 7.07. The molecule has 0 amide bonds. The Morgan fingerprint density at radius 1 is 1.09 bits per heavy atom. The highest BCUT2D eigenvalue weighted by Gasteiger charge is 2.18. The molecular weight excluding hydrogens is 314 g/mol. The van der Waals surface area contributed by atoms with Crippen LogP contribution in [-0.4, -0.2) is 21.5 Å².